The van der Waals surface area contributed by atoms with Gasteiger partial charge in [0, 0.05) is 22.7 Å². The number of fused-ring (bicyclic) bond motifs is 1. The molecule has 0 amide bonds. The van der Waals surface area contributed by atoms with E-state index in [1.165, 1.54) is 40.0 Å². The Bertz CT molecular complexity index is 498. The molecule has 1 aromatic carbocycles. The molecule has 1 aliphatic heterocycles. The molecule has 0 saturated carbocycles. The number of aromatic amines is 1. The molecular weight excluding hydrogens is 234 g/mol. The van der Waals surface area contributed by atoms with Crippen LogP contribution in [0.15, 0.2) is 24.4 Å². The van der Waals surface area contributed by atoms with Gasteiger partial charge in [0.2, 0.25) is 0 Å². The Morgan fingerprint density at radius 2 is 2.06 bits per heavy atom. The van der Waals surface area contributed by atoms with Crippen molar-refractivity contribution >= 4 is 34.4 Å². The predicted octanol–water partition coefficient (Wildman–Crippen LogP) is 4.35. The van der Waals surface area contributed by atoms with Crippen LogP contribution >= 0.6 is 23.5 Å². The molecule has 1 saturated heterocycles. The Hall–Kier alpha value is -0.540. The molecule has 0 radical (unpaired) electrons. The summed E-state index contributed by atoms with van der Waals surface area (Å²) in [6.07, 6.45) is 3.55. The molecule has 1 nitrogen and oxygen atoms in total. The van der Waals surface area contributed by atoms with Crippen molar-refractivity contribution in [2.75, 3.05) is 11.5 Å². The Balaban J connectivity index is 2.05. The molecule has 3 heteroatoms. The molecule has 1 aliphatic rings. The number of hydrogen-bond donors (Lipinski definition) is 1. The summed E-state index contributed by atoms with van der Waals surface area (Å²) < 4.78 is 0.629. The summed E-state index contributed by atoms with van der Waals surface area (Å²) in [5, 5.41) is 1.41. The average Bonchev–Trinajstić information content (AvgIpc) is 2.73. The quantitative estimate of drug-likeness (QED) is 0.809. The molecular formula is C13H15NS2. The summed E-state index contributed by atoms with van der Waals surface area (Å²) in [6.45, 7) is 2.16. The van der Waals surface area contributed by atoms with Gasteiger partial charge in [-0.25, -0.2) is 0 Å². The number of aromatic nitrogens is 1. The predicted molar refractivity (Wildman–Crippen MR) is 75.3 cm³/mol. The molecule has 1 aromatic heterocycles. The second-order valence-corrected chi connectivity index (χ2v) is 6.94. The average molecular weight is 249 g/mol. The van der Waals surface area contributed by atoms with Crippen LogP contribution in [0.1, 0.15) is 22.1 Å². The van der Waals surface area contributed by atoms with Gasteiger partial charge in [-0.2, -0.15) is 0 Å². The second kappa shape index (κ2) is 4.38. The highest BCUT2D eigenvalue weighted by atomic mass is 32.2. The number of nitrogens with one attached hydrogen (secondary N) is 1. The number of hydrogen-bond acceptors (Lipinski definition) is 2. The van der Waals surface area contributed by atoms with Gasteiger partial charge in [-0.15, -0.1) is 23.5 Å². The Labute approximate surface area is 104 Å². The van der Waals surface area contributed by atoms with Crippen molar-refractivity contribution in [3.63, 3.8) is 0 Å². The lowest BCUT2D eigenvalue weighted by atomic mass is 10.1. The molecule has 0 aliphatic carbocycles. The van der Waals surface area contributed by atoms with Crippen molar-refractivity contribution in [1.82, 2.24) is 4.98 Å². The van der Waals surface area contributed by atoms with Crippen molar-refractivity contribution < 1.29 is 0 Å². The minimum atomic E-state index is 0.629. The minimum absolute atomic E-state index is 0.629. The highest BCUT2D eigenvalue weighted by Gasteiger charge is 2.19. The highest BCUT2D eigenvalue weighted by molar-refractivity contribution is 8.16. The summed E-state index contributed by atoms with van der Waals surface area (Å²) in [7, 11) is 0. The van der Waals surface area contributed by atoms with E-state index in [1.54, 1.807) is 0 Å². The van der Waals surface area contributed by atoms with Crippen LogP contribution in [0.5, 0.6) is 0 Å². The van der Waals surface area contributed by atoms with E-state index in [4.69, 9.17) is 0 Å². The zero-order valence-corrected chi connectivity index (χ0v) is 11.0. The summed E-state index contributed by atoms with van der Waals surface area (Å²) in [5.41, 5.74) is 4.10. The molecule has 0 unspecified atom stereocenters. The lowest BCUT2D eigenvalue weighted by molar-refractivity contribution is 1.10. The third-order valence-corrected chi connectivity index (χ3v) is 5.93. The second-order valence-electron chi connectivity index (χ2n) is 4.22. The van der Waals surface area contributed by atoms with Gasteiger partial charge < -0.3 is 4.98 Å². The van der Waals surface area contributed by atoms with E-state index >= 15 is 0 Å². The number of H-pyrrole nitrogens is 1. The van der Waals surface area contributed by atoms with Crippen LogP contribution in [0.3, 0.4) is 0 Å². The van der Waals surface area contributed by atoms with Crippen LogP contribution in [0.25, 0.3) is 10.9 Å². The van der Waals surface area contributed by atoms with Crippen molar-refractivity contribution in [1.29, 1.82) is 0 Å². The van der Waals surface area contributed by atoms with E-state index in [2.05, 4.69) is 59.8 Å². The van der Waals surface area contributed by atoms with Gasteiger partial charge in [-0.3, -0.25) is 0 Å². The zero-order valence-electron chi connectivity index (χ0n) is 9.32. The van der Waals surface area contributed by atoms with Crippen molar-refractivity contribution in [2.24, 2.45) is 0 Å². The Morgan fingerprint density at radius 1 is 1.25 bits per heavy atom. The largest absolute Gasteiger partial charge is 0.361 e. The molecule has 0 bridgehead atoms. The van der Waals surface area contributed by atoms with E-state index in [-0.39, 0.29) is 0 Å². The van der Waals surface area contributed by atoms with E-state index in [1.807, 2.05) is 0 Å². The van der Waals surface area contributed by atoms with E-state index in [0.717, 1.165) is 0 Å². The summed E-state index contributed by atoms with van der Waals surface area (Å²) in [4.78, 5) is 3.39. The monoisotopic (exact) mass is 249 g/mol. The maximum Gasteiger partial charge on any atom is 0.0771 e. The third kappa shape index (κ3) is 1.87. The van der Waals surface area contributed by atoms with E-state index < -0.39 is 0 Å². The Kier molecular flexibility index (Phi) is 2.90. The van der Waals surface area contributed by atoms with Crippen LogP contribution in [0, 0.1) is 6.92 Å². The fourth-order valence-corrected chi connectivity index (χ4v) is 5.06. The number of aryl methyl sites for hydroxylation is 1. The van der Waals surface area contributed by atoms with E-state index in [0.29, 0.717) is 4.58 Å². The van der Waals surface area contributed by atoms with Gasteiger partial charge in [0.25, 0.3) is 0 Å². The SMILES string of the molecule is Cc1ccc2[nH]cc(C3SCCCS3)c2c1. The molecule has 16 heavy (non-hydrogen) atoms. The first-order chi connectivity index (χ1) is 7.84. The molecule has 2 heterocycles. The van der Waals surface area contributed by atoms with Crippen molar-refractivity contribution in [2.45, 2.75) is 17.9 Å². The molecule has 84 valence electrons. The van der Waals surface area contributed by atoms with Crippen molar-refractivity contribution in [3.05, 3.63) is 35.5 Å². The van der Waals surface area contributed by atoms with Gasteiger partial charge in [-0.1, -0.05) is 11.6 Å². The van der Waals surface area contributed by atoms with Crippen molar-refractivity contribution in [3.8, 4) is 0 Å². The van der Waals surface area contributed by atoms with Gasteiger partial charge >= 0.3 is 0 Å². The zero-order chi connectivity index (χ0) is 11.0. The number of rotatable bonds is 1. The molecule has 0 atom stereocenters. The minimum Gasteiger partial charge on any atom is -0.361 e. The van der Waals surface area contributed by atoms with Crippen LogP contribution in [0.4, 0.5) is 0 Å². The van der Waals surface area contributed by atoms with Gasteiger partial charge in [0.1, 0.15) is 0 Å². The third-order valence-electron chi connectivity index (χ3n) is 2.95. The normalized spacial score (nSPS) is 18.1. The summed E-state index contributed by atoms with van der Waals surface area (Å²) in [6, 6.07) is 6.66. The fourth-order valence-electron chi connectivity index (χ4n) is 2.12. The first-order valence-corrected chi connectivity index (χ1v) is 7.75. The molecule has 1 fully saturated rings. The molecule has 2 aromatic rings. The maximum absolute atomic E-state index is 3.39. The fraction of sp³-hybridized carbons (Fsp3) is 0.385. The van der Waals surface area contributed by atoms with Gasteiger partial charge in [0.15, 0.2) is 0 Å². The standard InChI is InChI=1S/C13H15NS2/c1-9-3-4-12-10(7-9)11(8-14-12)13-15-5-2-6-16-13/h3-4,7-8,13-14H,2,5-6H2,1H3. The molecule has 3 rings (SSSR count). The topological polar surface area (TPSA) is 15.8 Å². The smallest absolute Gasteiger partial charge is 0.0771 e. The van der Waals surface area contributed by atoms with Crippen LogP contribution in [-0.2, 0) is 0 Å². The van der Waals surface area contributed by atoms with Crippen LogP contribution < -0.4 is 0 Å². The first kappa shape index (κ1) is 10.6. The summed E-state index contributed by atoms with van der Waals surface area (Å²) in [5.74, 6) is 2.60. The highest BCUT2D eigenvalue weighted by Crippen LogP contribution is 2.45. The molecule has 0 spiro atoms. The van der Waals surface area contributed by atoms with Gasteiger partial charge in [0.05, 0.1) is 4.58 Å². The summed E-state index contributed by atoms with van der Waals surface area (Å²) >= 11 is 4.17. The number of benzene rings is 1. The first-order valence-electron chi connectivity index (χ1n) is 5.65. The number of thioether (sulfide) groups is 2. The lowest BCUT2D eigenvalue weighted by Gasteiger charge is -2.20. The van der Waals surface area contributed by atoms with Crippen LogP contribution in [0.2, 0.25) is 0 Å². The maximum atomic E-state index is 3.39. The van der Waals surface area contributed by atoms with Crippen LogP contribution in [-0.4, -0.2) is 16.5 Å². The van der Waals surface area contributed by atoms with E-state index in [9.17, 15) is 0 Å². The molecule has 1 N–H and O–H groups in total. The lowest BCUT2D eigenvalue weighted by Crippen LogP contribution is -1.99. The Morgan fingerprint density at radius 3 is 2.88 bits per heavy atom. The van der Waals surface area contributed by atoms with Gasteiger partial charge in [-0.05, 0) is 37.0 Å².